The van der Waals surface area contributed by atoms with Gasteiger partial charge in [-0.3, -0.25) is 14.7 Å². The molecule has 2 aliphatic heterocycles. The molecular formula is C26H33N3O2. The number of ether oxygens (including phenoxy) is 1. The molecule has 31 heavy (non-hydrogen) atoms. The second kappa shape index (κ2) is 8.71. The van der Waals surface area contributed by atoms with Crippen LogP contribution in [0, 0.1) is 6.92 Å². The van der Waals surface area contributed by atoms with E-state index < -0.39 is 0 Å². The van der Waals surface area contributed by atoms with Gasteiger partial charge in [0.15, 0.2) is 0 Å². The van der Waals surface area contributed by atoms with Crippen LogP contribution in [-0.2, 0) is 11.3 Å². The minimum atomic E-state index is -0.0744. The lowest BCUT2D eigenvalue weighted by Gasteiger charge is -2.48. The normalized spacial score (nSPS) is 23.3. The number of piperidine rings is 1. The van der Waals surface area contributed by atoms with Crippen LogP contribution in [0.5, 0.6) is 0 Å². The molecule has 1 spiro atoms. The van der Waals surface area contributed by atoms with Crippen molar-refractivity contribution in [3.63, 3.8) is 0 Å². The predicted octanol–water partition coefficient (Wildman–Crippen LogP) is 4.21. The van der Waals surface area contributed by atoms with Crippen LogP contribution in [0.1, 0.15) is 60.1 Å². The van der Waals surface area contributed by atoms with Gasteiger partial charge in [-0.1, -0.05) is 30.3 Å². The van der Waals surface area contributed by atoms with Gasteiger partial charge < -0.3 is 9.64 Å². The highest BCUT2D eigenvalue weighted by Crippen LogP contribution is 2.40. The number of hydrogen-bond acceptors (Lipinski definition) is 4. The van der Waals surface area contributed by atoms with Crippen molar-refractivity contribution in [2.24, 2.45) is 0 Å². The van der Waals surface area contributed by atoms with Crippen LogP contribution in [0.4, 0.5) is 0 Å². The van der Waals surface area contributed by atoms with E-state index in [0.29, 0.717) is 11.6 Å². The van der Waals surface area contributed by atoms with E-state index in [4.69, 9.17) is 4.74 Å². The fourth-order valence-corrected chi connectivity index (χ4v) is 5.28. The Kier molecular flexibility index (Phi) is 5.81. The lowest BCUT2D eigenvalue weighted by molar-refractivity contribution is -0.131. The zero-order chi connectivity index (χ0) is 21.3. The SMILES string of the molecule is Cc1ccc(C(=O)N2CCC3(CC2)CC(N(Cc2ccccc2)C2CC2)CCO3)cn1. The number of hydrogen-bond donors (Lipinski definition) is 0. The lowest BCUT2D eigenvalue weighted by atomic mass is 9.81. The van der Waals surface area contributed by atoms with Crippen LogP contribution < -0.4 is 0 Å². The van der Waals surface area contributed by atoms with Crippen molar-refractivity contribution in [3.8, 4) is 0 Å². The molecule has 5 rings (SSSR count). The molecule has 5 heteroatoms. The van der Waals surface area contributed by atoms with Crippen LogP contribution in [0.25, 0.3) is 0 Å². The van der Waals surface area contributed by atoms with E-state index in [1.807, 2.05) is 24.0 Å². The fourth-order valence-electron chi connectivity index (χ4n) is 5.28. The van der Waals surface area contributed by atoms with E-state index in [1.165, 1.54) is 18.4 Å². The lowest BCUT2D eigenvalue weighted by Crippen LogP contribution is -2.54. The summed E-state index contributed by atoms with van der Waals surface area (Å²) in [6.45, 7) is 5.34. The smallest absolute Gasteiger partial charge is 0.255 e. The summed E-state index contributed by atoms with van der Waals surface area (Å²) in [4.78, 5) is 21.9. The minimum Gasteiger partial charge on any atom is -0.375 e. The third kappa shape index (κ3) is 4.68. The van der Waals surface area contributed by atoms with Gasteiger partial charge in [-0.15, -0.1) is 0 Å². The maximum Gasteiger partial charge on any atom is 0.255 e. The first-order chi connectivity index (χ1) is 15.1. The number of carbonyl (C=O) groups excluding carboxylic acids is 1. The molecule has 0 bridgehead atoms. The summed E-state index contributed by atoms with van der Waals surface area (Å²) in [5.74, 6) is 0.0957. The van der Waals surface area contributed by atoms with Crippen molar-refractivity contribution in [2.45, 2.75) is 69.7 Å². The van der Waals surface area contributed by atoms with Gasteiger partial charge in [0, 0.05) is 50.2 Å². The van der Waals surface area contributed by atoms with Gasteiger partial charge in [-0.2, -0.15) is 0 Å². The number of nitrogens with zero attached hydrogens (tertiary/aromatic N) is 3. The summed E-state index contributed by atoms with van der Waals surface area (Å²) in [6.07, 6.45) is 8.41. The van der Waals surface area contributed by atoms with Crippen molar-refractivity contribution < 1.29 is 9.53 Å². The third-order valence-corrected chi connectivity index (χ3v) is 7.28. The molecule has 3 aliphatic rings. The highest BCUT2D eigenvalue weighted by atomic mass is 16.5. The molecule has 1 aliphatic carbocycles. The summed E-state index contributed by atoms with van der Waals surface area (Å²) in [7, 11) is 0. The zero-order valence-corrected chi connectivity index (χ0v) is 18.5. The van der Waals surface area contributed by atoms with Gasteiger partial charge in [0.1, 0.15) is 0 Å². The number of aromatic nitrogens is 1. The van der Waals surface area contributed by atoms with E-state index >= 15 is 0 Å². The maximum atomic E-state index is 12.9. The van der Waals surface area contributed by atoms with Gasteiger partial charge >= 0.3 is 0 Å². The van der Waals surface area contributed by atoms with Crippen LogP contribution >= 0.6 is 0 Å². The van der Waals surface area contributed by atoms with Gasteiger partial charge in [0.25, 0.3) is 5.91 Å². The molecule has 1 aromatic heterocycles. The predicted molar refractivity (Wildman–Crippen MR) is 121 cm³/mol. The molecule has 3 heterocycles. The zero-order valence-electron chi connectivity index (χ0n) is 18.5. The van der Waals surface area contributed by atoms with Crippen molar-refractivity contribution >= 4 is 5.91 Å². The van der Waals surface area contributed by atoms with Gasteiger partial charge in [-0.05, 0) is 63.1 Å². The molecular weight excluding hydrogens is 386 g/mol. The topological polar surface area (TPSA) is 45.7 Å². The van der Waals surface area contributed by atoms with Crippen molar-refractivity contribution in [3.05, 3.63) is 65.5 Å². The Labute approximate surface area is 185 Å². The second-order valence-corrected chi connectivity index (χ2v) is 9.55. The Balaban J connectivity index is 1.23. The van der Waals surface area contributed by atoms with E-state index in [1.54, 1.807) is 6.20 Å². The number of pyridine rings is 1. The summed E-state index contributed by atoms with van der Waals surface area (Å²) in [5, 5.41) is 0. The van der Waals surface area contributed by atoms with E-state index in [9.17, 15) is 4.79 Å². The summed E-state index contributed by atoms with van der Waals surface area (Å²) in [5.41, 5.74) is 2.95. The molecule has 1 unspecified atom stereocenters. The fraction of sp³-hybridized carbons (Fsp3) is 0.538. The number of benzene rings is 1. The Morgan fingerprint density at radius 1 is 1.10 bits per heavy atom. The summed E-state index contributed by atoms with van der Waals surface area (Å²) in [6, 6.07) is 16.0. The van der Waals surface area contributed by atoms with Crippen molar-refractivity contribution in [1.82, 2.24) is 14.8 Å². The van der Waals surface area contributed by atoms with Crippen molar-refractivity contribution in [2.75, 3.05) is 19.7 Å². The number of aryl methyl sites for hydroxylation is 1. The van der Waals surface area contributed by atoms with E-state index in [-0.39, 0.29) is 11.5 Å². The Morgan fingerprint density at radius 3 is 2.55 bits per heavy atom. The first-order valence-electron chi connectivity index (χ1n) is 11.8. The largest absolute Gasteiger partial charge is 0.375 e. The van der Waals surface area contributed by atoms with E-state index in [2.05, 4.69) is 40.2 Å². The molecule has 3 fully saturated rings. The maximum absolute atomic E-state index is 12.9. The minimum absolute atomic E-state index is 0.0744. The highest BCUT2D eigenvalue weighted by Gasteiger charge is 2.45. The van der Waals surface area contributed by atoms with Crippen molar-refractivity contribution in [1.29, 1.82) is 0 Å². The van der Waals surface area contributed by atoms with Gasteiger partial charge in [0.2, 0.25) is 0 Å². The van der Waals surface area contributed by atoms with E-state index in [0.717, 1.165) is 63.7 Å². The Morgan fingerprint density at radius 2 is 1.87 bits per heavy atom. The van der Waals surface area contributed by atoms with Gasteiger partial charge in [-0.25, -0.2) is 0 Å². The first kappa shape index (κ1) is 20.7. The average molecular weight is 420 g/mol. The third-order valence-electron chi connectivity index (χ3n) is 7.28. The number of rotatable bonds is 5. The molecule has 164 valence electrons. The van der Waals surface area contributed by atoms with Gasteiger partial charge in [0.05, 0.1) is 11.2 Å². The van der Waals surface area contributed by atoms with Crippen LogP contribution in [0.3, 0.4) is 0 Å². The second-order valence-electron chi connectivity index (χ2n) is 9.55. The number of amides is 1. The molecule has 1 saturated carbocycles. The molecule has 2 saturated heterocycles. The molecule has 5 nitrogen and oxygen atoms in total. The monoisotopic (exact) mass is 419 g/mol. The van der Waals surface area contributed by atoms with Crippen LogP contribution in [0.2, 0.25) is 0 Å². The average Bonchev–Trinajstić information content (AvgIpc) is 3.64. The summed E-state index contributed by atoms with van der Waals surface area (Å²) < 4.78 is 6.41. The number of carbonyl (C=O) groups is 1. The molecule has 1 aromatic carbocycles. The first-order valence-corrected chi connectivity index (χ1v) is 11.8. The highest BCUT2D eigenvalue weighted by molar-refractivity contribution is 5.94. The standard InChI is InChI=1S/C26H33N3O2/c1-20-7-8-22(18-27-20)25(30)28-14-12-26(13-15-28)17-24(11-16-31-26)29(23-9-10-23)19-21-5-3-2-4-6-21/h2-8,18,23-24H,9-17,19H2,1H3. The number of likely N-dealkylation sites (tertiary alicyclic amines) is 1. The molecule has 1 amide bonds. The van der Waals surface area contributed by atoms with Crippen LogP contribution in [0.15, 0.2) is 48.7 Å². The Hall–Kier alpha value is -2.24. The molecule has 2 aromatic rings. The molecule has 0 radical (unpaired) electrons. The quantitative estimate of drug-likeness (QED) is 0.728. The molecule has 1 atom stereocenters. The van der Waals surface area contributed by atoms with Crippen LogP contribution in [-0.4, -0.2) is 58.1 Å². The molecule has 0 N–H and O–H groups in total. The summed E-state index contributed by atoms with van der Waals surface area (Å²) >= 11 is 0. The Bertz CT molecular complexity index is 887.